The van der Waals surface area contributed by atoms with Crippen LogP contribution in [0.3, 0.4) is 0 Å². The van der Waals surface area contributed by atoms with Crippen LogP contribution in [0.2, 0.25) is 0 Å². The molecular formula is C15H20N4O. The Morgan fingerprint density at radius 3 is 2.75 bits per heavy atom. The number of piperazine rings is 1. The van der Waals surface area contributed by atoms with Gasteiger partial charge in [0.15, 0.2) is 0 Å². The zero-order chi connectivity index (χ0) is 13.8. The molecule has 0 N–H and O–H groups in total. The van der Waals surface area contributed by atoms with Gasteiger partial charge in [-0.15, -0.1) is 0 Å². The predicted octanol–water partition coefficient (Wildman–Crippen LogP) is 1.26. The fraction of sp³-hybridized carbons (Fsp3) is 0.467. The summed E-state index contributed by atoms with van der Waals surface area (Å²) in [7, 11) is 2.17. The zero-order valence-corrected chi connectivity index (χ0v) is 11.8. The molecular weight excluding hydrogens is 252 g/mol. The van der Waals surface area contributed by atoms with E-state index in [1.807, 2.05) is 24.3 Å². The molecule has 2 heterocycles. The summed E-state index contributed by atoms with van der Waals surface area (Å²) in [5.74, 6) is 0.685. The third-order valence-corrected chi connectivity index (χ3v) is 3.75. The Balaban J connectivity index is 1.57. The van der Waals surface area contributed by atoms with E-state index in [0.717, 1.165) is 43.6 Å². The molecule has 1 aromatic carbocycles. The second-order valence-corrected chi connectivity index (χ2v) is 5.19. The normalized spacial score (nSPS) is 17.4. The van der Waals surface area contributed by atoms with Crippen LogP contribution in [0, 0.1) is 0 Å². The van der Waals surface area contributed by atoms with Gasteiger partial charge in [-0.05, 0) is 19.2 Å². The molecule has 5 nitrogen and oxygen atoms in total. The van der Waals surface area contributed by atoms with Crippen molar-refractivity contribution in [1.82, 2.24) is 19.8 Å². The van der Waals surface area contributed by atoms with Crippen LogP contribution in [0.4, 0.5) is 0 Å². The number of hydrogen-bond donors (Lipinski definition) is 0. The Bertz CT molecular complexity index is 561. The summed E-state index contributed by atoms with van der Waals surface area (Å²) in [6, 6.07) is 7.94. The first kappa shape index (κ1) is 13.3. The molecule has 0 spiro atoms. The van der Waals surface area contributed by atoms with Gasteiger partial charge >= 0.3 is 0 Å². The molecule has 20 heavy (non-hydrogen) atoms. The molecule has 1 aromatic heterocycles. The Morgan fingerprint density at radius 1 is 1.10 bits per heavy atom. The molecule has 0 atom stereocenters. The van der Waals surface area contributed by atoms with Crippen molar-refractivity contribution >= 4 is 10.9 Å². The van der Waals surface area contributed by atoms with E-state index in [2.05, 4.69) is 26.8 Å². The molecule has 0 saturated carbocycles. The van der Waals surface area contributed by atoms with Crippen LogP contribution < -0.4 is 4.74 Å². The average molecular weight is 272 g/mol. The number of likely N-dealkylation sites (N-methyl/N-ethyl adjacent to an activating group) is 1. The van der Waals surface area contributed by atoms with E-state index in [-0.39, 0.29) is 0 Å². The minimum absolute atomic E-state index is 0.671. The van der Waals surface area contributed by atoms with Gasteiger partial charge in [-0.2, -0.15) is 0 Å². The largest absolute Gasteiger partial charge is 0.476 e. The van der Waals surface area contributed by atoms with Gasteiger partial charge < -0.3 is 9.64 Å². The SMILES string of the molecule is CN1CCN(CCOc2ncnc3ccccc23)CC1. The van der Waals surface area contributed by atoms with Crippen molar-refractivity contribution < 1.29 is 4.74 Å². The average Bonchev–Trinajstić information content (AvgIpc) is 2.49. The molecule has 106 valence electrons. The van der Waals surface area contributed by atoms with Crippen LogP contribution in [0.1, 0.15) is 0 Å². The molecule has 0 unspecified atom stereocenters. The zero-order valence-electron chi connectivity index (χ0n) is 11.8. The van der Waals surface area contributed by atoms with Gasteiger partial charge in [-0.25, -0.2) is 9.97 Å². The summed E-state index contributed by atoms with van der Waals surface area (Å²) >= 11 is 0. The van der Waals surface area contributed by atoms with Crippen molar-refractivity contribution in [3.8, 4) is 5.88 Å². The number of hydrogen-bond acceptors (Lipinski definition) is 5. The summed E-state index contributed by atoms with van der Waals surface area (Å²) in [5, 5.41) is 0.980. The first-order valence-electron chi connectivity index (χ1n) is 7.06. The van der Waals surface area contributed by atoms with E-state index in [0.29, 0.717) is 12.5 Å². The first-order valence-corrected chi connectivity index (χ1v) is 7.06. The number of rotatable bonds is 4. The second kappa shape index (κ2) is 6.15. The number of nitrogens with zero attached hydrogens (tertiary/aromatic N) is 4. The Morgan fingerprint density at radius 2 is 1.90 bits per heavy atom. The summed E-state index contributed by atoms with van der Waals surface area (Å²) in [5.41, 5.74) is 0.928. The van der Waals surface area contributed by atoms with Crippen molar-refractivity contribution in [3.05, 3.63) is 30.6 Å². The number of para-hydroxylation sites is 1. The summed E-state index contributed by atoms with van der Waals surface area (Å²) in [6.07, 6.45) is 1.56. The van der Waals surface area contributed by atoms with Gasteiger partial charge in [0.1, 0.15) is 12.9 Å². The molecule has 5 heteroatoms. The van der Waals surface area contributed by atoms with Gasteiger partial charge in [-0.3, -0.25) is 4.90 Å². The van der Waals surface area contributed by atoms with E-state index >= 15 is 0 Å². The van der Waals surface area contributed by atoms with E-state index in [1.165, 1.54) is 0 Å². The lowest BCUT2D eigenvalue weighted by atomic mass is 10.2. The maximum Gasteiger partial charge on any atom is 0.224 e. The van der Waals surface area contributed by atoms with E-state index in [1.54, 1.807) is 6.33 Å². The van der Waals surface area contributed by atoms with Gasteiger partial charge in [-0.1, -0.05) is 12.1 Å². The Hall–Kier alpha value is -1.72. The van der Waals surface area contributed by atoms with Crippen LogP contribution in [0.15, 0.2) is 30.6 Å². The topological polar surface area (TPSA) is 41.5 Å². The quantitative estimate of drug-likeness (QED) is 0.838. The van der Waals surface area contributed by atoms with E-state index in [9.17, 15) is 0 Å². The van der Waals surface area contributed by atoms with Crippen LogP contribution in [-0.4, -0.2) is 66.1 Å². The van der Waals surface area contributed by atoms with Crippen molar-refractivity contribution in [2.45, 2.75) is 0 Å². The fourth-order valence-corrected chi connectivity index (χ4v) is 2.44. The van der Waals surface area contributed by atoms with Crippen molar-refractivity contribution in [3.63, 3.8) is 0 Å². The molecule has 1 fully saturated rings. The second-order valence-electron chi connectivity index (χ2n) is 5.19. The number of ether oxygens (including phenoxy) is 1. The molecule has 1 aliphatic heterocycles. The van der Waals surface area contributed by atoms with Gasteiger partial charge in [0.2, 0.25) is 5.88 Å². The molecule has 0 radical (unpaired) electrons. The highest BCUT2D eigenvalue weighted by Gasteiger charge is 2.13. The highest BCUT2D eigenvalue weighted by Crippen LogP contribution is 2.20. The monoisotopic (exact) mass is 272 g/mol. The number of benzene rings is 1. The molecule has 0 amide bonds. The van der Waals surface area contributed by atoms with Gasteiger partial charge in [0.05, 0.1) is 10.9 Å². The minimum atomic E-state index is 0.671. The molecule has 2 aromatic rings. The van der Waals surface area contributed by atoms with Crippen molar-refractivity contribution in [1.29, 1.82) is 0 Å². The predicted molar refractivity (Wildman–Crippen MR) is 79.0 cm³/mol. The molecule has 0 bridgehead atoms. The summed E-state index contributed by atoms with van der Waals surface area (Å²) in [6.45, 7) is 6.12. The fourth-order valence-electron chi connectivity index (χ4n) is 2.44. The molecule has 1 saturated heterocycles. The lowest BCUT2D eigenvalue weighted by molar-refractivity contribution is 0.133. The molecule has 0 aliphatic carbocycles. The molecule has 1 aliphatic rings. The van der Waals surface area contributed by atoms with E-state index in [4.69, 9.17) is 4.74 Å². The maximum absolute atomic E-state index is 5.84. The van der Waals surface area contributed by atoms with Crippen molar-refractivity contribution in [2.75, 3.05) is 46.4 Å². The third kappa shape index (κ3) is 3.05. The lowest BCUT2D eigenvalue weighted by Crippen LogP contribution is -2.45. The van der Waals surface area contributed by atoms with Gasteiger partial charge in [0.25, 0.3) is 0 Å². The number of fused-ring (bicyclic) bond motifs is 1. The number of aromatic nitrogens is 2. The maximum atomic E-state index is 5.84. The smallest absolute Gasteiger partial charge is 0.224 e. The van der Waals surface area contributed by atoms with E-state index < -0.39 is 0 Å². The Kier molecular flexibility index (Phi) is 4.08. The first-order chi connectivity index (χ1) is 9.83. The van der Waals surface area contributed by atoms with Crippen LogP contribution in [0.5, 0.6) is 5.88 Å². The van der Waals surface area contributed by atoms with Crippen LogP contribution in [0.25, 0.3) is 10.9 Å². The van der Waals surface area contributed by atoms with Crippen LogP contribution >= 0.6 is 0 Å². The highest BCUT2D eigenvalue weighted by molar-refractivity contribution is 5.82. The minimum Gasteiger partial charge on any atom is -0.476 e. The molecule has 3 rings (SSSR count). The van der Waals surface area contributed by atoms with Gasteiger partial charge in [0, 0.05) is 32.7 Å². The standard InChI is InChI=1S/C15H20N4O/c1-18-6-8-19(9-7-18)10-11-20-15-13-4-2-3-5-14(13)16-12-17-15/h2-5,12H,6-11H2,1H3. The summed E-state index contributed by atoms with van der Waals surface area (Å²) < 4.78 is 5.84. The van der Waals surface area contributed by atoms with Crippen molar-refractivity contribution in [2.24, 2.45) is 0 Å². The third-order valence-electron chi connectivity index (χ3n) is 3.75. The highest BCUT2D eigenvalue weighted by atomic mass is 16.5. The lowest BCUT2D eigenvalue weighted by Gasteiger charge is -2.32. The Labute approximate surface area is 119 Å². The summed E-state index contributed by atoms with van der Waals surface area (Å²) in [4.78, 5) is 13.3. The van der Waals surface area contributed by atoms with Crippen LogP contribution in [-0.2, 0) is 0 Å².